The molecule has 156 valence electrons. The van der Waals surface area contributed by atoms with Gasteiger partial charge in [-0.3, -0.25) is 4.79 Å². The van der Waals surface area contributed by atoms with Crippen molar-refractivity contribution < 1.29 is 9.18 Å². The average molecular weight is 425 g/mol. The first kappa shape index (κ1) is 19.3. The molecule has 3 heterocycles. The Balaban J connectivity index is 1.55. The van der Waals surface area contributed by atoms with Crippen LogP contribution in [0.5, 0.6) is 0 Å². The fraction of sp³-hybridized carbons (Fsp3) is 0.348. The average Bonchev–Trinajstić information content (AvgIpc) is 3.44. The van der Waals surface area contributed by atoms with Gasteiger partial charge in [0.05, 0.1) is 16.8 Å². The molecule has 0 radical (unpaired) electrons. The van der Waals surface area contributed by atoms with E-state index in [9.17, 15) is 9.18 Å². The molecule has 2 aliphatic rings. The molecule has 5 rings (SSSR count). The first-order valence-corrected chi connectivity index (χ1v) is 11.2. The number of hydrogen-bond acceptors (Lipinski definition) is 4. The summed E-state index contributed by atoms with van der Waals surface area (Å²) in [5.74, 6) is -0.489. The summed E-state index contributed by atoms with van der Waals surface area (Å²) >= 11 is 1.60. The van der Waals surface area contributed by atoms with Gasteiger partial charge in [0, 0.05) is 18.3 Å². The minimum Gasteiger partial charge on any atom is -0.383 e. The number of carbonyl (C=O) groups excluding carboxylic acids is 1. The van der Waals surface area contributed by atoms with Crippen LogP contribution >= 0.6 is 11.3 Å². The molecule has 0 saturated heterocycles. The van der Waals surface area contributed by atoms with Gasteiger partial charge in [0.25, 0.3) is 5.91 Å². The minimum absolute atomic E-state index is 0.161. The van der Waals surface area contributed by atoms with Gasteiger partial charge < -0.3 is 20.5 Å². The summed E-state index contributed by atoms with van der Waals surface area (Å²) < 4.78 is 16.9. The molecular formula is C23H25FN4OS. The van der Waals surface area contributed by atoms with E-state index in [1.165, 1.54) is 25.0 Å². The number of rotatable bonds is 5. The maximum absolute atomic E-state index is 13.8. The molecular weight excluding hydrogens is 399 g/mol. The SMILES string of the molecule is C=C(NC1CCCC1)C1(N)Cn2c(cc3sccc32)C(=O)N1Cc1cccc(F)c1. The van der Waals surface area contributed by atoms with E-state index in [0.29, 0.717) is 29.5 Å². The zero-order valence-electron chi connectivity index (χ0n) is 16.7. The van der Waals surface area contributed by atoms with E-state index < -0.39 is 5.66 Å². The molecule has 1 fully saturated rings. The molecule has 0 spiro atoms. The third-order valence-corrected chi connectivity index (χ3v) is 7.21. The number of nitrogens with zero attached hydrogens (tertiary/aromatic N) is 2. The first-order valence-electron chi connectivity index (χ1n) is 10.3. The Bertz CT molecular complexity index is 1130. The molecule has 1 aliphatic carbocycles. The Labute approximate surface area is 179 Å². The van der Waals surface area contributed by atoms with Gasteiger partial charge in [-0.05, 0) is 48.1 Å². The molecule has 7 heteroatoms. The molecule has 3 N–H and O–H groups in total. The van der Waals surface area contributed by atoms with Gasteiger partial charge in [-0.2, -0.15) is 0 Å². The van der Waals surface area contributed by atoms with Gasteiger partial charge in [-0.1, -0.05) is 31.6 Å². The Morgan fingerprint density at radius 3 is 2.87 bits per heavy atom. The monoisotopic (exact) mass is 424 g/mol. The summed E-state index contributed by atoms with van der Waals surface area (Å²) in [5.41, 5.74) is 8.82. The van der Waals surface area contributed by atoms with Crippen LogP contribution in [0.15, 0.2) is 54.1 Å². The molecule has 1 atom stereocenters. The number of carbonyl (C=O) groups is 1. The van der Waals surface area contributed by atoms with Crippen LogP contribution < -0.4 is 11.1 Å². The maximum Gasteiger partial charge on any atom is 0.272 e. The summed E-state index contributed by atoms with van der Waals surface area (Å²) in [6, 6.07) is 10.6. The van der Waals surface area contributed by atoms with Crippen molar-refractivity contribution in [1.29, 1.82) is 0 Å². The summed E-state index contributed by atoms with van der Waals surface area (Å²) in [7, 11) is 0. The molecule has 5 nitrogen and oxygen atoms in total. The lowest BCUT2D eigenvalue weighted by Gasteiger charge is -2.46. The third-order valence-electron chi connectivity index (χ3n) is 6.35. The number of halogens is 1. The third kappa shape index (κ3) is 3.13. The molecule has 3 aromatic rings. The van der Waals surface area contributed by atoms with Crippen LogP contribution in [-0.2, 0) is 13.1 Å². The van der Waals surface area contributed by atoms with Crippen LogP contribution in [0.1, 0.15) is 41.7 Å². The van der Waals surface area contributed by atoms with Gasteiger partial charge in [-0.25, -0.2) is 4.39 Å². The molecule has 1 amide bonds. The lowest BCUT2D eigenvalue weighted by Crippen LogP contribution is -2.66. The second-order valence-electron chi connectivity index (χ2n) is 8.34. The van der Waals surface area contributed by atoms with Crippen LogP contribution in [0.25, 0.3) is 10.2 Å². The van der Waals surface area contributed by atoms with Crippen molar-refractivity contribution >= 4 is 27.5 Å². The van der Waals surface area contributed by atoms with Crippen LogP contribution in [0.2, 0.25) is 0 Å². The van der Waals surface area contributed by atoms with E-state index in [0.717, 1.165) is 23.1 Å². The fourth-order valence-electron chi connectivity index (χ4n) is 4.70. The van der Waals surface area contributed by atoms with Gasteiger partial charge in [0.2, 0.25) is 0 Å². The summed E-state index contributed by atoms with van der Waals surface area (Å²) in [4.78, 5) is 15.2. The second-order valence-corrected chi connectivity index (χ2v) is 9.28. The van der Waals surface area contributed by atoms with Gasteiger partial charge in [-0.15, -0.1) is 11.3 Å². The number of benzene rings is 1. The normalized spacial score (nSPS) is 21.9. The Hall–Kier alpha value is -2.64. The van der Waals surface area contributed by atoms with Crippen LogP contribution in [0.4, 0.5) is 4.39 Å². The van der Waals surface area contributed by atoms with E-state index in [1.54, 1.807) is 22.3 Å². The predicted molar refractivity (Wildman–Crippen MR) is 118 cm³/mol. The highest BCUT2D eigenvalue weighted by Crippen LogP contribution is 2.35. The van der Waals surface area contributed by atoms with Crippen molar-refractivity contribution in [3.8, 4) is 0 Å². The van der Waals surface area contributed by atoms with Gasteiger partial charge in [0.15, 0.2) is 0 Å². The number of nitrogens with two attached hydrogens (primary N) is 1. The molecule has 0 bridgehead atoms. The van der Waals surface area contributed by atoms with Gasteiger partial charge in [0.1, 0.15) is 17.2 Å². The van der Waals surface area contributed by atoms with E-state index >= 15 is 0 Å². The largest absolute Gasteiger partial charge is 0.383 e. The van der Waals surface area contributed by atoms with Crippen molar-refractivity contribution in [3.05, 3.63) is 71.1 Å². The molecule has 1 saturated carbocycles. The Morgan fingerprint density at radius 1 is 1.30 bits per heavy atom. The van der Waals surface area contributed by atoms with Crippen LogP contribution in [0, 0.1) is 5.82 Å². The number of hydrogen-bond donors (Lipinski definition) is 2. The number of fused-ring (bicyclic) bond motifs is 3. The van der Waals surface area contributed by atoms with E-state index in [4.69, 9.17) is 5.73 Å². The van der Waals surface area contributed by atoms with Crippen molar-refractivity contribution in [2.45, 2.75) is 50.5 Å². The van der Waals surface area contributed by atoms with E-state index in [-0.39, 0.29) is 18.3 Å². The highest BCUT2D eigenvalue weighted by molar-refractivity contribution is 7.17. The van der Waals surface area contributed by atoms with Crippen molar-refractivity contribution in [2.75, 3.05) is 0 Å². The molecule has 2 aromatic heterocycles. The predicted octanol–water partition coefficient (Wildman–Crippen LogP) is 4.20. The molecule has 1 unspecified atom stereocenters. The Morgan fingerprint density at radius 2 is 2.10 bits per heavy atom. The molecule has 1 aromatic carbocycles. The lowest BCUT2D eigenvalue weighted by molar-refractivity contribution is 0.0384. The minimum atomic E-state index is -1.12. The summed E-state index contributed by atoms with van der Waals surface area (Å²) in [5, 5.41) is 5.52. The fourth-order valence-corrected chi connectivity index (χ4v) is 5.52. The zero-order chi connectivity index (χ0) is 20.9. The molecule has 1 aliphatic heterocycles. The van der Waals surface area contributed by atoms with Gasteiger partial charge >= 0.3 is 0 Å². The quantitative estimate of drug-likeness (QED) is 0.645. The molecule has 30 heavy (non-hydrogen) atoms. The smallest absolute Gasteiger partial charge is 0.272 e. The van der Waals surface area contributed by atoms with E-state index in [2.05, 4.69) is 11.9 Å². The standard InChI is InChI=1S/C23H25FN4OS/c1-15(26-18-7-2-3-8-18)23(25)14-27-19-9-10-30-21(19)12-20(27)22(29)28(23)13-16-5-4-6-17(24)11-16/h4-6,9-12,18,26H,1-3,7-8,13-14,25H2. The summed E-state index contributed by atoms with van der Waals surface area (Å²) in [6.07, 6.45) is 4.53. The number of thiophene rings is 1. The highest BCUT2D eigenvalue weighted by Gasteiger charge is 2.45. The van der Waals surface area contributed by atoms with Crippen LogP contribution in [-0.4, -0.2) is 27.1 Å². The topological polar surface area (TPSA) is 63.3 Å². The number of nitrogens with one attached hydrogen (secondary N) is 1. The van der Waals surface area contributed by atoms with E-state index in [1.807, 2.05) is 28.1 Å². The highest BCUT2D eigenvalue weighted by atomic mass is 32.1. The maximum atomic E-state index is 13.8. The number of amides is 1. The zero-order valence-corrected chi connectivity index (χ0v) is 17.6. The van der Waals surface area contributed by atoms with Crippen molar-refractivity contribution in [2.24, 2.45) is 5.73 Å². The van der Waals surface area contributed by atoms with Crippen molar-refractivity contribution in [3.63, 3.8) is 0 Å². The second kappa shape index (κ2) is 7.25. The number of aromatic nitrogens is 1. The van der Waals surface area contributed by atoms with Crippen molar-refractivity contribution in [1.82, 2.24) is 14.8 Å². The first-order chi connectivity index (χ1) is 14.5. The van der Waals surface area contributed by atoms with Crippen LogP contribution in [0.3, 0.4) is 0 Å². The Kier molecular flexibility index (Phi) is 4.67. The lowest BCUT2D eigenvalue weighted by atomic mass is 9.99. The summed E-state index contributed by atoms with van der Waals surface area (Å²) in [6.45, 7) is 4.89.